The minimum atomic E-state index is -0.350. The van der Waals surface area contributed by atoms with Crippen LogP contribution < -0.4 is 20.1 Å². The number of halogens is 2. The first-order valence-corrected chi connectivity index (χ1v) is 10.2. The molecule has 0 atom stereocenters. The maximum atomic E-state index is 12.4. The summed E-state index contributed by atoms with van der Waals surface area (Å²) in [5, 5.41) is 6.51. The zero-order valence-corrected chi connectivity index (χ0v) is 18.1. The van der Waals surface area contributed by atoms with Crippen molar-refractivity contribution in [1.82, 2.24) is 5.32 Å². The van der Waals surface area contributed by atoms with Gasteiger partial charge in [-0.05, 0) is 66.8 Å². The van der Waals surface area contributed by atoms with Gasteiger partial charge in [-0.2, -0.15) is 0 Å². The van der Waals surface area contributed by atoms with Crippen molar-refractivity contribution in [1.29, 1.82) is 0 Å². The third kappa shape index (κ3) is 6.62. The van der Waals surface area contributed by atoms with E-state index >= 15 is 0 Å². The number of carbonyl (C=O) groups is 1. The monoisotopic (exact) mass is 460 g/mol. The largest absolute Gasteiger partial charge is 0.490 e. The molecule has 0 radical (unpaired) electrons. The third-order valence-corrected chi connectivity index (χ3v) is 4.64. The molecule has 0 bridgehead atoms. The Kier molecular flexibility index (Phi) is 7.90. The summed E-state index contributed by atoms with van der Waals surface area (Å²) >= 11 is 17.1. The Morgan fingerprint density at radius 3 is 2.13 bits per heavy atom. The number of amides is 1. The van der Waals surface area contributed by atoms with Crippen LogP contribution >= 0.6 is 35.4 Å². The number of ether oxygens (including phenoxy) is 2. The fraction of sp³-hybridized carbons (Fsp3) is 0.0909. The Morgan fingerprint density at radius 1 is 0.867 bits per heavy atom. The molecule has 30 heavy (non-hydrogen) atoms. The molecule has 8 heteroatoms. The Hall–Kier alpha value is -2.80. The van der Waals surface area contributed by atoms with Gasteiger partial charge in [0, 0.05) is 10.6 Å². The molecule has 0 fully saturated rings. The Balaban J connectivity index is 1.45. The molecular weight excluding hydrogens is 443 g/mol. The van der Waals surface area contributed by atoms with Crippen molar-refractivity contribution >= 4 is 52.1 Å². The third-order valence-electron chi connectivity index (χ3n) is 3.89. The minimum Gasteiger partial charge on any atom is -0.490 e. The maximum absolute atomic E-state index is 12.4. The first kappa shape index (κ1) is 21.9. The van der Waals surface area contributed by atoms with E-state index in [-0.39, 0.29) is 11.0 Å². The summed E-state index contributed by atoms with van der Waals surface area (Å²) in [6, 6.07) is 21.2. The molecule has 0 saturated carbocycles. The van der Waals surface area contributed by atoms with E-state index in [4.69, 9.17) is 44.9 Å². The van der Waals surface area contributed by atoms with Crippen LogP contribution in [-0.2, 0) is 0 Å². The highest BCUT2D eigenvalue weighted by Gasteiger charge is 2.10. The number of thiocarbonyl (C=S) groups is 1. The van der Waals surface area contributed by atoms with E-state index < -0.39 is 0 Å². The normalized spacial score (nSPS) is 10.2. The summed E-state index contributed by atoms with van der Waals surface area (Å²) in [7, 11) is 0. The van der Waals surface area contributed by atoms with Gasteiger partial charge in [0.25, 0.3) is 5.91 Å². The van der Waals surface area contributed by atoms with Gasteiger partial charge in [-0.25, -0.2) is 0 Å². The van der Waals surface area contributed by atoms with Crippen LogP contribution in [0, 0.1) is 0 Å². The zero-order chi connectivity index (χ0) is 21.3. The zero-order valence-electron chi connectivity index (χ0n) is 15.7. The lowest BCUT2D eigenvalue weighted by molar-refractivity contribution is 0.0977. The summed E-state index contributed by atoms with van der Waals surface area (Å²) in [5.41, 5.74) is 0.988. The van der Waals surface area contributed by atoms with Crippen LogP contribution in [0.15, 0.2) is 72.8 Å². The molecule has 3 rings (SSSR count). The molecule has 0 heterocycles. The van der Waals surface area contributed by atoms with Gasteiger partial charge in [0.05, 0.1) is 10.7 Å². The number of para-hydroxylation sites is 1. The molecule has 0 aliphatic carbocycles. The highest BCUT2D eigenvalue weighted by atomic mass is 35.5. The molecule has 0 aliphatic heterocycles. The topological polar surface area (TPSA) is 59.6 Å². The molecular formula is C22H18Cl2N2O3S. The molecule has 154 valence electrons. The first-order valence-electron chi connectivity index (χ1n) is 8.99. The molecule has 3 aromatic rings. The number of carbonyl (C=O) groups excluding carboxylic acids is 1. The second-order valence-corrected chi connectivity index (χ2v) is 7.32. The molecule has 0 aliphatic rings. The van der Waals surface area contributed by atoms with Crippen LogP contribution in [-0.4, -0.2) is 24.2 Å². The summed E-state index contributed by atoms with van der Waals surface area (Å²) in [5.74, 6) is 1.07. The van der Waals surface area contributed by atoms with E-state index in [0.29, 0.717) is 40.3 Å². The van der Waals surface area contributed by atoms with Gasteiger partial charge >= 0.3 is 0 Å². The summed E-state index contributed by atoms with van der Waals surface area (Å²) in [4.78, 5) is 12.4. The Labute approximate surface area is 189 Å². The van der Waals surface area contributed by atoms with Crippen LogP contribution in [0.25, 0.3) is 0 Å². The van der Waals surface area contributed by atoms with E-state index in [0.717, 1.165) is 5.75 Å². The standard InChI is InChI=1S/C22H18Cl2N2O3S/c23-16-8-11-20(19(24)14-16)25-22(30)26-21(27)15-6-9-18(10-7-15)29-13-12-28-17-4-2-1-3-5-17/h1-11,14H,12-13H2,(H2,25,26,27,30). The highest BCUT2D eigenvalue weighted by Crippen LogP contribution is 2.25. The molecule has 1 amide bonds. The molecule has 0 saturated heterocycles. The molecule has 0 aromatic heterocycles. The van der Waals surface area contributed by atoms with E-state index in [1.54, 1.807) is 42.5 Å². The van der Waals surface area contributed by atoms with E-state index in [1.807, 2.05) is 30.3 Å². The van der Waals surface area contributed by atoms with Gasteiger partial charge in [0.1, 0.15) is 24.7 Å². The number of hydrogen-bond acceptors (Lipinski definition) is 4. The number of rotatable bonds is 7. The summed E-state index contributed by atoms with van der Waals surface area (Å²) < 4.78 is 11.2. The lowest BCUT2D eigenvalue weighted by atomic mass is 10.2. The predicted molar refractivity (Wildman–Crippen MR) is 124 cm³/mol. The second-order valence-electron chi connectivity index (χ2n) is 6.07. The van der Waals surface area contributed by atoms with E-state index in [2.05, 4.69) is 10.6 Å². The van der Waals surface area contributed by atoms with Crippen LogP contribution in [0.3, 0.4) is 0 Å². The van der Waals surface area contributed by atoms with Crippen LogP contribution in [0.4, 0.5) is 5.69 Å². The fourth-order valence-electron chi connectivity index (χ4n) is 2.46. The van der Waals surface area contributed by atoms with Gasteiger partial charge < -0.3 is 14.8 Å². The smallest absolute Gasteiger partial charge is 0.257 e. The Bertz CT molecular complexity index is 1010. The highest BCUT2D eigenvalue weighted by molar-refractivity contribution is 7.80. The molecule has 2 N–H and O–H groups in total. The predicted octanol–water partition coefficient (Wildman–Crippen LogP) is 5.58. The average molecular weight is 461 g/mol. The number of benzene rings is 3. The van der Waals surface area contributed by atoms with Crippen molar-refractivity contribution in [3.63, 3.8) is 0 Å². The fourth-order valence-corrected chi connectivity index (χ4v) is 3.12. The van der Waals surface area contributed by atoms with E-state index in [9.17, 15) is 4.79 Å². The molecule has 0 unspecified atom stereocenters. The van der Waals surface area contributed by atoms with Crippen molar-refractivity contribution in [2.24, 2.45) is 0 Å². The number of anilines is 1. The molecule has 5 nitrogen and oxygen atoms in total. The second kappa shape index (κ2) is 10.8. The summed E-state index contributed by atoms with van der Waals surface area (Å²) in [6.45, 7) is 0.801. The lowest BCUT2D eigenvalue weighted by Gasteiger charge is -2.12. The molecule has 0 spiro atoms. The Morgan fingerprint density at radius 2 is 1.50 bits per heavy atom. The first-order chi connectivity index (χ1) is 14.5. The minimum absolute atomic E-state index is 0.127. The van der Waals surface area contributed by atoms with Crippen molar-refractivity contribution in [3.8, 4) is 11.5 Å². The quantitative estimate of drug-likeness (QED) is 0.356. The van der Waals surface area contributed by atoms with Crippen molar-refractivity contribution in [3.05, 3.63) is 88.4 Å². The van der Waals surface area contributed by atoms with Gasteiger partial charge in [-0.3, -0.25) is 10.1 Å². The average Bonchev–Trinajstić information content (AvgIpc) is 2.74. The summed E-state index contributed by atoms with van der Waals surface area (Å²) in [6.07, 6.45) is 0. The SMILES string of the molecule is O=C(NC(=S)Nc1ccc(Cl)cc1Cl)c1ccc(OCCOc2ccccc2)cc1. The number of hydrogen-bond donors (Lipinski definition) is 2. The van der Waals surface area contributed by atoms with E-state index in [1.165, 1.54) is 0 Å². The van der Waals surface area contributed by atoms with Crippen LogP contribution in [0.5, 0.6) is 11.5 Å². The van der Waals surface area contributed by atoms with Gasteiger partial charge in [-0.15, -0.1) is 0 Å². The van der Waals surface area contributed by atoms with Crippen molar-refractivity contribution in [2.45, 2.75) is 0 Å². The van der Waals surface area contributed by atoms with Gasteiger partial charge in [0.2, 0.25) is 0 Å². The van der Waals surface area contributed by atoms with Crippen molar-refractivity contribution in [2.75, 3.05) is 18.5 Å². The van der Waals surface area contributed by atoms with Gasteiger partial charge in [-0.1, -0.05) is 41.4 Å². The van der Waals surface area contributed by atoms with Crippen LogP contribution in [0.2, 0.25) is 10.0 Å². The van der Waals surface area contributed by atoms with Crippen LogP contribution in [0.1, 0.15) is 10.4 Å². The van der Waals surface area contributed by atoms with Crippen molar-refractivity contribution < 1.29 is 14.3 Å². The maximum Gasteiger partial charge on any atom is 0.257 e. The lowest BCUT2D eigenvalue weighted by Crippen LogP contribution is -2.34. The van der Waals surface area contributed by atoms with Gasteiger partial charge in [0.15, 0.2) is 5.11 Å². The number of nitrogens with one attached hydrogen (secondary N) is 2. The molecule has 3 aromatic carbocycles.